The highest BCUT2D eigenvalue weighted by Gasteiger charge is 2.18. The van der Waals surface area contributed by atoms with Crippen molar-refractivity contribution in [2.24, 2.45) is 0 Å². The summed E-state index contributed by atoms with van der Waals surface area (Å²) in [7, 11) is 1.61. The topological polar surface area (TPSA) is 27.1 Å². The molecule has 6 heteroatoms. The van der Waals surface area contributed by atoms with Crippen LogP contribution in [-0.4, -0.2) is 16.7 Å². The number of hydrogen-bond donors (Lipinski definition) is 0. The van der Waals surface area contributed by atoms with Gasteiger partial charge in [0.05, 0.1) is 29.1 Å². The number of thiophene rings is 1. The molecular formula is C19H14ClFN2OS. The van der Waals surface area contributed by atoms with E-state index >= 15 is 0 Å². The lowest BCUT2D eigenvalue weighted by Gasteiger charge is -2.09. The van der Waals surface area contributed by atoms with Gasteiger partial charge in [-0.15, -0.1) is 11.3 Å². The summed E-state index contributed by atoms with van der Waals surface area (Å²) >= 11 is 7.57. The van der Waals surface area contributed by atoms with Crippen molar-refractivity contribution in [2.75, 3.05) is 7.11 Å². The van der Waals surface area contributed by atoms with Crippen molar-refractivity contribution in [1.82, 2.24) is 9.55 Å². The minimum absolute atomic E-state index is 0.303. The Morgan fingerprint density at radius 1 is 1.12 bits per heavy atom. The van der Waals surface area contributed by atoms with E-state index in [1.807, 2.05) is 34.9 Å². The lowest BCUT2D eigenvalue weighted by molar-refractivity contribution is 0.419. The molecule has 0 aliphatic heterocycles. The van der Waals surface area contributed by atoms with Crippen LogP contribution in [0.1, 0.15) is 4.88 Å². The number of nitrogens with zero attached hydrogens (tertiary/aromatic N) is 2. The predicted octanol–water partition coefficient (Wildman–Crippen LogP) is 5.61. The van der Waals surface area contributed by atoms with E-state index in [0.717, 1.165) is 14.7 Å². The van der Waals surface area contributed by atoms with Crippen molar-refractivity contribution in [3.8, 4) is 17.1 Å². The van der Waals surface area contributed by atoms with E-state index in [2.05, 4.69) is 4.98 Å². The van der Waals surface area contributed by atoms with E-state index in [4.69, 9.17) is 16.3 Å². The summed E-state index contributed by atoms with van der Waals surface area (Å²) in [6.45, 7) is 0.560. The Morgan fingerprint density at radius 2 is 1.96 bits per heavy atom. The molecule has 4 rings (SSSR count). The molecule has 0 saturated heterocycles. The molecule has 0 amide bonds. The standard InChI is InChI=1S/C19H14ClFN2OS/c1-24-16-8-4-7-15-18(16)22-19(13-5-2-3-6-14(13)21)23(15)11-12-9-10-17(20)25-12/h2-10H,11H2,1H3. The molecule has 4 aromatic rings. The van der Waals surface area contributed by atoms with Gasteiger partial charge in [0, 0.05) is 4.88 Å². The van der Waals surface area contributed by atoms with E-state index in [1.54, 1.807) is 25.3 Å². The fourth-order valence-corrected chi connectivity index (χ4v) is 3.96. The summed E-state index contributed by atoms with van der Waals surface area (Å²) in [4.78, 5) is 5.76. The molecular weight excluding hydrogens is 359 g/mol. The average molecular weight is 373 g/mol. The highest BCUT2D eigenvalue weighted by molar-refractivity contribution is 7.16. The molecule has 0 saturated carbocycles. The molecule has 2 aromatic heterocycles. The van der Waals surface area contributed by atoms with Crippen molar-refractivity contribution >= 4 is 34.0 Å². The molecule has 126 valence electrons. The number of para-hydroxylation sites is 1. The molecule has 25 heavy (non-hydrogen) atoms. The Bertz CT molecular complexity index is 1060. The van der Waals surface area contributed by atoms with Crippen LogP contribution in [0.5, 0.6) is 5.75 Å². The molecule has 0 fully saturated rings. The molecule has 0 spiro atoms. The number of aromatic nitrogens is 2. The van der Waals surface area contributed by atoms with E-state index in [0.29, 0.717) is 29.2 Å². The van der Waals surface area contributed by atoms with Crippen LogP contribution in [0.25, 0.3) is 22.4 Å². The fourth-order valence-electron chi connectivity index (χ4n) is 2.89. The summed E-state index contributed by atoms with van der Waals surface area (Å²) in [5.74, 6) is 0.933. The molecule has 2 aromatic carbocycles. The predicted molar refractivity (Wildman–Crippen MR) is 100 cm³/mol. The first-order valence-electron chi connectivity index (χ1n) is 7.69. The Balaban J connectivity index is 1.97. The smallest absolute Gasteiger partial charge is 0.146 e. The monoisotopic (exact) mass is 372 g/mol. The third-order valence-electron chi connectivity index (χ3n) is 4.02. The largest absolute Gasteiger partial charge is 0.494 e. The first-order chi connectivity index (χ1) is 12.2. The summed E-state index contributed by atoms with van der Waals surface area (Å²) in [5.41, 5.74) is 2.07. The second kappa shape index (κ2) is 6.50. The van der Waals surface area contributed by atoms with Crippen LogP contribution in [-0.2, 0) is 6.54 Å². The SMILES string of the molecule is COc1cccc2c1nc(-c1ccccc1F)n2Cc1ccc(Cl)s1. The zero-order valence-corrected chi connectivity index (χ0v) is 14.9. The van der Waals surface area contributed by atoms with Crippen LogP contribution < -0.4 is 4.74 Å². The van der Waals surface area contributed by atoms with Gasteiger partial charge < -0.3 is 9.30 Å². The van der Waals surface area contributed by atoms with Gasteiger partial charge in [-0.05, 0) is 36.4 Å². The van der Waals surface area contributed by atoms with Crippen LogP contribution >= 0.6 is 22.9 Å². The third-order valence-corrected chi connectivity index (χ3v) is 5.24. The highest BCUT2D eigenvalue weighted by Crippen LogP contribution is 2.33. The first kappa shape index (κ1) is 16.1. The third kappa shape index (κ3) is 2.90. The number of halogens is 2. The van der Waals surface area contributed by atoms with Gasteiger partial charge in [0.15, 0.2) is 0 Å². The van der Waals surface area contributed by atoms with Crippen molar-refractivity contribution in [3.63, 3.8) is 0 Å². The van der Waals surface area contributed by atoms with Gasteiger partial charge in [-0.3, -0.25) is 0 Å². The summed E-state index contributed by atoms with van der Waals surface area (Å²) < 4.78 is 22.6. The number of imidazole rings is 1. The molecule has 3 nitrogen and oxygen atoms in total. The molecule has 2 heterocycles. The van der Waals surface area contributed by atoms with Crippen LogP contribution in [0.2, 0.25) is 4.34 Å². The van der Waals surface area contributed by atoms with Crippen molar-refractivity contribution in [1.29, 1.82) is 0 Å². The van der Waals surface area contributed by atoms with Crippen LogP contribution in [0.15, 0.2) is 54.6 Å². The summed E-state index contributed by atoms with van der Waals surface area (Å²) in [6.07, 6.45) is 0. The highest BCUT2D eigenvalue weighted by atomic mass is 35.5. The Kier molecular flexibility index (Phi) is 4.19. The molecule has 0 N–H and O–H groups in total. The lowest BCUT2D eigenvalue weighted by atomic mass is 10.2. The van der Waals surface area contributed by atoms with Crippen LogP contribution in [0.4, 0.5) is 4.39 Å². The second-order valence-electron chi connectivity index (χ2n) is 5.54. The van der Waals surface area contributed by atoms with Gasteiger partial charge in [-0.25, -0.2) is 9.37 Å². The Hall–Kier alpha value is -2.37. The quantitative estimate of drug-likeness (QED) is 0.465. The summed E-state index contributed by atoms with van der Waals surface area (Å²) in [6, 6.07) is 16.2. The van der Waals surface area contributed by atoms with Crippen molar-refractivity contribution in [3.05, 3.63) is 69.6 Å². The van der Waals surface area contributed by atoms with Crippen molar-refractivity contribution in [2.45, 2.75) is 6.54 Å². The molecule has 0 unspecified atom stereocenters. The van der Waals surface area contributed by atoms with Gasteiger partial charge >= 0.3 is 0 Å². The zero-order valence-electron chi connectivity index (χ0n) is 13.4. The van der Waals surface area contributed by atoms with Crippen LogP contribution in [0, 0.1) is 5.82 Å². The maximum absolute atomic E-state index is 14.4. The number of fused-ring (bicyclic) bond motifs is 1. The number of hydrogen-bond acceptors (Lipinski definition) is 3. The van der Waals surface area contributed by atoms with Gasteiger partial charge in [0.25, 0.3) is 0 Å². The van der Waals surface area contributed by atoms with Gasteiger partial charge in [-0.1, -0.05) is 29.8 Å². The maximum atomic E-state index is 14.4. The van der Waals surface area contributed by atoms with E-state index in [-0.39, 0.29) is 5.82 Å². The fraction of sp³-hybridized carbons (Fsp3) is 0.105. The maximum Gasteiger partial charge on any atom is 0.146 e. The first-order valence-corrected chi connectivity index (χ1v) is 8.89. The van der Waals surface area contributed by atoms with Gasteiger partial charge in [0.2, 0.25) is 0 Å². The average Bonchev–Trinajstić information content (AvgIpc) is 3.19. The summed E-state index contributed by atoms with van der Waals surface area (Å²) in [5, 5.41) is 0. The molecule has 0 aliphatic rings. The molecule has 0 aliphatic carbocycles. The minimum Gasteiger partial charge on any atom is -0.494 e. The molecule has 0 atom stereocenters. The molecule has 0 bridgehead atoms. The second-order valence-corrected chi connectivity index (χ2v) is 7.33. The molecule has 0 radical (unpaired) electrons. The van der Waals surface area contributed by atoms with E-state index in [9.17, 15) is 4.39 Å². The van der Waals surface area contributed by atoms with Gasteiger partial charge in [-0.2, -0.15) is 0 Å². The van der Waals surface area contributed by atoms with Gasteiger partial charge in [0.1, 0.15) is 22.9 Å². The Morgan fingerprint density at radius 3 is 2.68 bits per heavy atom. The normalized spacial score (nSPS) is 11.2. The van der Waals surface area contributed by atoms with Crippen molar-refractivity contribution < 1.29 is 9.13 Å². The van der Waals surface area contributed by atoms with E-state index in [1.165, 1.54) is 17.4 Å². The Labute approximate surface area is 153 Å². The number of benzene rings is 2. The number of methoxy groups -OCH3 is 1. The number of rotatable bonds is 4. The number of ether oxygens (including phenoxy) is 1. The van der Waals surface area contributed by atoms with Crippen LogP contribution in [0.3, 0.4) is 0 Å². The van der Waals surface area contributed by atoms with E-state index < -0.39 is 0 Å². The zero-order chi connectivity index (χ0) is 17.4. The minimum atomic E-state index is -0.303. The lowest BCUT2D eigenvalue weighted by Crippen LogP contribution is -2.02.